The lowest BCUT2D eigenvalue weighted by Crippen LogP contribution is -2.14. The topological polar surface area (TPSA) is 26.3 Å². The second-order valence-corrected chi connectivity index (χ2v) is 5.37. The quantitative estimate of drug-likeness (QED) is 0.583. The molecule has 0 radical (unpaired) electrons. The van der Waals surface area contributed by atoms with E-state index in [0.29, 0.717) is 12.2 Å². The molecule has 0 aliphatic rings. The van der Waals surface area contributed by atoms with Crippen molar-refractivity contribution in [3.8, 4) is 5.75 Å². The fraction of sp³-hybridized carbons (Fsp3) is 0.400. The van der Waals surface area contributed by atoms with E-state index in [4.69, 9.17) is 4.74 Å². The van der Waals surface area contributed by atoms with Crippen molar-refractivity contribution >= 4 is 6.29 Å². The van der Waals surface area contributed by atoms with Crippen LogP contribution in [0.15, 0.2) is 30.4 Å². The van der Waals surface area contributed by atoms with Gasteiger partial charge >= 0.3 is 0 Å². The molecular formula is C15H20O2. The highest BCUT2D eigenvalue weighted by atomic mass is 16.5. The average molecular weight is 232 g/mol. The lowest BCUT2D eigenvalue weighted by Gasteiger charge is -2.23. The van der Waals surface area contributed by atoms with Crippen molar-refractivity contribution in [1.82, 2.24) is 0 Å². The van der Waals surface area contributed by atoms with Crippen LogP contribution in [0.1, 0.15) is 43.6 Å². The van der Waals surface area contributed by atoms with E-state index in [0.717, 1.165) is 23.2 Å². The zero-order valence-corrected chi connectivity index (χ0v) is 11.0. The Labute approximate surface area is 103 Å². The summed E-state index contributed by atoms with van der Waals surface area (Å²) in [5.41, 5.74) is 2.65. The van der Waals surface area contributed by atoms with Gasteiger partial charge in [0.15, 0.2) is 0 Å². The standard InChI is InChI=1S/C15H20O2/c1-11(2)10-17-14-7-6-12(9-16)8-13(14)15(3,4)5/h6-9H,1,10H2,2-5H3. The normalized spacial score (nSPS) is 11.1. The van der Waals surface area contributed by atoms with Crippen LogP contribution in [-0.4, -0.2) is 12.9 Å². The highest BCUT2D eigenvalue weighted by Gasteiger charge is 2.19. The number of carbonyl (C=O) groups excluding carboxylic acids is 1. The van der Waals surface area contributed by atoms with Crippen LogP contribution in [-0.2, 0) is 5.41 Å². The molecule has 0 saturated carbocycles. The van der Waals surface area contributed by atoms with Crippen molar-refractivity contribution < 1.29 is 9.53 Å². The third kappa shape index (κ3) is 3.74. The number of carbonyl (C=O) groups is 1. The molecule has 92 valence electrons. The summed E-state index contributed by atoms with van der Waals surface area (Å²) in [5.74, 6) is 0.825. The van der Waals surface area contributed by atoms with Gasteiger partial charge in [0, 0.05) is 11.1 Å². The molecule has 0 atom stereocenters. The van der Waals surface area contributed by atoms with Crippen molar-refractivity contribution in [2.45, 2.75) is 33.1 Å². The smallest absolute Gasteiger partial charge is 0.150 e. The van der Waals surface area contributed by atoms with Crippen LogP contribution in [0.25, 0.3) is 0 Å². The summed E-state index contributed by atoms with van der Waals surface area (Å²) in [6.07, 6.45) is 0.859. The highest BCUT2D eigenvalue weighted by molar-refractivity contribution is 5.76. The Morgan fingerprint density at radius 2 is 2.06 bits per heavy atom. The predicted molar refractivity (Wildman–Crippen MR) is 70.8 cm³/mol. The Bertz CT molecular complexity index is 425. The molecule has 0 unspecified atom stereocenters. The molecule has 17 heavy (non-hydrogen) atoms. The van der Waals surface area contributed by atoms with Gasteiger partial charge in [-0.25, -0.2) is 0 Å². The largest absolute Gasteiger partial charge is 0.489 e. The zero-order chi connectivity index (χ0) is 13.1. The molecule has 1 aromatic rings. The van der Waals surface area contributed by atoms with Gasteiger partial charge < -0.3 is 4.74 Å². The van der Waals surface area contributed by atoms with Crippen molar-refractivity contribution in [2.24, 2.45) is 0 Å². The fourth-order valence-corrected chi connectivity index (χ4v) is 1.53. The van der Waals surface area contributed by atoms with Crippen molar-refractivity contribution in [2.75, 3.05) is 6.61 Å². The van der Waals surface area contributed by atoms with Crippen LogP contribution in [0.5, 0.6) is 5.75 Å². The molecule has 0 amide bonds. The zero-order valence-electron chi connectivity index (χ0n) is 11.0. The Hall–Kier alpha value is -1.57. The number of aldehydes is 1. The predicted octanol–water partition coefficient (Wildman–Crippen LogP) is 3.75. The molecule has 0 spiro atoms. The van der Waals surface area contributed by atoms with Crippen LogP contribution in [0.2, 0.25) is 0 Å². The van der Waals surface area contributed by atoms with Crippen LogP contribution < -0.4 is 4.74 Å². The second kappa shape index (κ2) is 5.17. The summed E-state index contributed by atoms with van der Waals surface area (Å²) >= 11 is 0. The van der Waals surface area contributed by atoms with E-state index in [1.54, 1.807) is 6.07 Å². The van der Waals surface area contributed by atoms with Gasteiger partial charge in [0.05, 0.1) is 0 Å². The maximum Gasteiger partial charge on any atom is 0.150 e. The first-order valence-corrected chi connectivity index (χ1v) is 5.71. The average Bonchev–Trinajstić information content (AvgIpc) is 2.24. The van der Waals surface area contributed by atoms with Gasteiger partial charge in [-0.3, -0.25) is 4.79 Å². The molecule has 0 aliphatic heterocycles. The van der Waals surface area contributed by atoms with Gasteiger partial charge in [-0.2, -0.15) is 0 Å². The van der Waals surface area contributed by atoms with E-state index in [2.05, 4.69) is 27.4 Å². The number of hydrogen-bond donors (Lipinski definition) is 0. The summed E-state index contributed by atoms with van der Waals surface area (Å²) in [6.45, 7) is 12.6. The molecular weight excluding hydrogens is 212 g/mol. The summed E-state index contributed by atoms with van der Waals surface area (Å²) in [4.78, 5) is 10.8. The first kappa shape index (κ1) is 13.5. The summed E-state index contributed by atoms with van der Waals surface area (Å²) in [5, 5.41) is 0. The SMILES string of the molecule is C=C(C)COc1ccc(C=O)cc1C(C)(C)C. The van der Waals surface area contributed by atoms with E-state index < -0.39 is 0 Å². The van der Waals surface area contributed by atoms with E-state index in [9.17, 15) is 4.79 Å². The maximum absolute atomic E-state index is 10.8. The molecule has 0 bridgehead atoms. The van der Waals surface area contributed by atoms with E-state index in [1.807, 2.05) is 19.1 Å². The minimum atomic E-state index is -0.0522. The van der Waals surface area contributed by atoms with Gasteiger partial charge in [-0.15, -0.1) is 0 Å². The van der Waals surface area contributed by atoms with Crippen molar-refractivity contribution in [3.63, 3.8) is 0 Å². The number of ether oxygens (including phenoxy) is 1. The lowest BCUT2D eigenvalue weighted by atomic mass is 9.85. The second-order valence-electron chi connectivity index (χ2n) is 5.37. The molecule has 0 fully saturated rings. The minimum absolute atomic E-state index is 0.0522. The first-order valence-electron chi connectivity index (χ1n) is 5.71. The van der Waals surface area contributed by atoms with E-state index in [1.165, 1.54) is 0 Å². The van der Waals surface area contributed by atoms with Gasteiger partial charge in [0.2, 0.25) is 0 Å². The van der Waals surface area contributed by atoms with Crippen LogP contribution in [0.3, 0.4) is 0 Å². The van der Waals surface area contributed by atoms with Gasteiger partial charge in [-0.05, 0) is 36.1 Å². The summed E-state index contributed by atoms with van der Waals surface area (Å²) < 4.78 is 5.71. The highest BCUT2D eigenvalue weighted by Crippen LogP contribution is 2.32. The first-order chi connectivity index (χ1) is 7.84. The molecule has 0 N–H and O–H groups in total. The Balaban J connectivity index is 3.11. The minimum Gasteiger partial charge on any atom is -0.489 e. The molecule has 0 heterocycles. The molecule has 1 rings (SSSR count). The molecule has 2 heteroatoms. The van der Waals surface area contributed by atoms with Crippen molar-refractivity contribution in [1.29, 1.82) is 0 Å². The summed E-state index contributed by atoms with van der Waals surface area (Å²) in [6, 6.07) is 5.52. The number of hydrogen-bond acceptors (Lipinski definition) is 2. The molecule has 1 aromatic carbocycles. The lowest BCUT2D eigenvalue weighted by molar-refractivity contribution is 0.112. The fourth-order valence-electron chi connectivity index (χ4n) is 1.53. The molecule has 2 nitrogen and oxygen atoms in total. The molecule has 0 aliphatic carbocycles. The van der Waals surface area contributed by atoms with Gasteiger partial charge in [-0.1, -0.05) is 27.4 Å². The van der Waals surface area contributed by atoms with Crippen LogP contribution >= 0.6 is 0 Å². The van der Waals surface area contributed by atoms with E-state index in [-0.39, 0.29) is 5.41 Å². The Morgan fingerprint density at radius 1 is 1.41 bits per heavy atom. The number of rotatable bonds is 4. The molecule has 0 saturated heterocycles. The third-order valence-electron chi connectivity index (χ3n) is 2.42. The number of benzene rings is 1. The summed E-state index contributed by atoms with van der Waals surface area (Å²) in [7, 11) is 0. The maximum atomic E-state index is 10.8. The van der Waals surface area contributed by atoms with Gasteiger partial charge in [0.1, 0.15) is 18.6 Å². The monoisotopic (exact) mass is 232 g/mol. The van der Waals surface area contributed by atoms with Crippen LogP contribution in [0, 0.1) is 0 Å². The van der Waals surface area contributed by atoms with Crippen molar-refractivity contribution in [3.05, 3.63) is 41.5 Å². The van der Waals surface area contributed by atoms with E-state index >= 15 is 0 Å². The Morgan fingerprint density at radius 3 is 2.53 bits per heavy atom. The third-order valence-corrected chi connectivity index (χ3v) is 2.42. The Kier molecular flexibility index (Phi) is 4.11. The van der Waals surface area contributed by atoms with Gasteiger partial charge in [0.25, 0.3) is 0 Å². The molecule has 0 aromatic heterocycles. The van der Waals surface area contributed by atoms with Crippen LogP contribution in [0.4, 0.5) is 0 Å².